The van der Waals surface area contributed by atoms with E-state index in [1.165, 1.54) is 0 Å². The first-order valence-corrected chi connectivity index (χ1v) is 10.00. The topological polar surface area (TPSA) is 78.5 Å². The van der Waals surface area contributed by atoms with Crippen molar-refractivity contribution < 1.29 is 22.0 Å². The minimum atomic E-state index is -4.00. The molecule has 0 aliphatic rings. The summed E-state index contributed by atoms with van der Waals surface area (Å²) in [7, 11) is -4.00. The number of nitrogens with one attached hydrogen (secondary N) is 2. The number of carbonyl (C=O) groups excluding carboxylic acids is 1. The molecule has 26 heavy (non-hydrogen) atoms. The first-order chi connectivity index (χ1) is 12.0. The lowest BCUT2D eigenvalue weighted by atomic mass is 10.2. The molecule has 0 aromatic heterocycles. The number of rotatable bonds is 10. The van der Waals surface area contributed by atoms with Gasteiger partial charge in [-0.1, -0.05) is 0 Å². The van der Waals surface area contributed by atoms with E-state index in [4.69, 9.17) is 0 Å². The predicted molar refractivity (Wildman–Crippen MR) is 96.2 cm³/mol. The third-order valence-corrected chi connectivity index (χ3v) is 5.32. The number of benzene rings is 1. The third-order valence-electron chi connectivity index (χ3n) is 3.86. The Labute approximate surface area is 154 Å². The molecule has 148 valence electrons. The lowest BCUT2D eigenvalue weighted by molar-refractivity contribution is -0.121. The van der Waals surface area contributed by atoms with Gasteiger partial charge in [0.1, 0.15) is 0 Å². The van der Waals surface area contributed by atoms with Gasteiger partial charge in [0.15, 0.2) is 11.6 Å². The van der Waals surface area contributed by atoms with E-state index in [0.29, 0.717) is 31.2 Å². The van der Waals surface area contributed by atoms with E-state index in [0.717, 1.165) is 12.1 Å². The molecule has 0 spiro atoms. The van der Waals surface area contributed by atoms with Gasteiger partial charge in [-0.3, -0.25) is 9.69 Å². The molecule has 9 heteroatoms. The number of carbonyl (C=O) groups is 1. The van der Waals surface area contributed by atoms with Crippen LogP contribution in [0.3, 0.4) is 0 Å². The third kappa shape index (κ3) is 6.97. The second-order valence-corrected chi connectivity index (χ2v) is 8.27. The minimum Gasteiger partial charge on any atom is -0.355 e. The highest BCUT2D eigenvalue weighted by molar-refractivity contribution is 7.89. The molecular weight excluding hydrogens is 364 g/mol. The van der Waals surface area contributed by atoms with Crippen LogP contribution in [0.4, 0.5) is 8.78 Å². The van der Waals surface area contributed by atoms with E-state index >= 15 is 0 Å². The Morgan fingerprint density at radius 1 is 1.08 bits per heavy atom. The lowest BCUT2D eigenvalue weighted by Crippen LogP contribution is -2.42. The number of sulfonamides is 1. The summed E-state index contributed by atoms with van der Waals surface area (Å²) >= 11 is 0. The quantitative estimate of drug-likeness (QED) is 0.638. The normalized spacial score (nSPS) is 12.2. The van der Waals surface area contributed by atoms with Crippen molar-refractivity contribution in [3.8, 4) is 0 Å². The average molecular weight is 391 g/mol. The Hall–Kier alpha value is -1.58. The van der Waals surface area contributed by atoms with Crippen LogP contribution in [0.1, 0.15) is 34.1 Å². The van der Waals surface area contributed by atoms with Crippen LogP contribution in [0, 0.1) is 11.6 Å². The molecule has 0 heterocycles. The Morgan fingerprint density at radius 2 is 1.69 bits per heavy atom. The highest BCUT2D eigenvalue weighted by Gasteiger charge is 2.17. The molecule has 0 saturated carbocycles. The second kappa shape index (κ2) is 9.94. The highest BCUT2D eigenvalue weighted by atomic mass is 32.2. The molecule has 0 radical (unpaired) electrons. The van der Waals surface area contributed by atoms with Crippen LogP contribution in [0.5, 0.6) is 0 Å². The van der Waals surface area contributed by atoms with Crippen LogP contribution in [0.15, 0.2) is 23.1 Å². The fourth-order valence-corrected chi connectivity index (χ4v) is 3.60. The maximum absolute atomic E-state index is 13.1. The van der Waals surface area contributed by atoms with Crippen molar-refractivity contribution in [3.63, 3.8) is 0 Å². The first-order valence-electron chi connectivity index (χ1n) is 8.51. The van der Waals surface area contributed by atoms with E-state index in [1.54, 1.807) is 0 Å². The number of amides is 1. The van der Waals surface area contributed by atoms with Gasteiger partial charge >= 0.3 is 0 Å². The van der Waals surface area contributed by atoms with Crippen LogP contribution in [0.25, 0.3) is 0 Å². The zero-order valence-electron chi connectivity index (χ0n) is 15.6. The maximum Gasteiger partial charge on any atom is 0.240 e. The molecular formula is C17H27F2N3O3S. The SMILES string of the molecule is CC(C)N(CCNC(=O)CCNS(=O)(=O)c1ccc(F)c(F)c1)C(C)C. The van der Waals surface area contributed by atoms with Crippen LogP contribution < -0.4 is 10.0 Å². The van der Waals surface area contributed by atoms with Crippen molar-refractivity contribution >= 4 is 15.9 Å². The van der Waals surface area contributed by atoms with Gasteiger partial charge in [0, 0.05) is 38.1 Å². The van der Waals surface area contributed by atoms with Gasteiger partial charge in [-0.2, -0.15) is 0 Å². The zero-order chi connectivity index (χ0) is 19.9. The fourth-order valence-electron chi connectivity index (χ4n) is 2.55. The van der Waals surface area contributed by atoms with Gasteiger partial charge in [0.2, 0.25) is 15.9 Å². The Bertz CT molecular complexity index is 701. The summed E-state index contributed by atoms with van der Waals surface area (Å²) in [5.74, 6) is -2.66. The molecule has 0 aliphatic carbocycles. The Balaban J connectivity index is 2.42. The van der Waals surface area contributed by atoms with E-state index in [1.807, 2.05) is 0 Å². The molecule has 1 aromatic rings. The standard InChI is InChI=1S/C17H27F2N3O3S/c1-12(2)22(13(3)4)10-9-20-17(23)7-8-21-26(24,25)14-5-6-15(18)16(19)11-14/h5-6,11-13,21H,7-10H2,1-4H3,(H,20,23). The molecule has 6 nitrogen and oxygen atoms in total. The van der Waals surface area contributed by atoms with Gasteiger partial charge < -0.3 is 5.32 Å². The molecule has 1 rings (SSSR count). The van der Waals surface area contributed by atoms with Crippen molar-refractivity contribution in [2.75, 3.05) is 19.6 Å². The first kappa shape index (κ1) is 22.5. The van der Waals surface area contributed by atoms with E-state index < -0.39 is 21.7 Å². The van der Waals surface area contributed by atoms with Gasteiger partial charge in [-0.15, -0.1) is 0 Å². The van der Waals surface area contributed by atoms with E-state index in [-0.39, 0.29) is 23.8 Å². The Morgan fingerprint density at radius 3 is 2.23 bits per heavy atom. The predicted octanol–water partition coefficient (Wildman–Crippen LogP) is 1.87. The van der Waals surface area contributed by atoms with Crippen LogP contribution in [-0.2, 0) is 14.8 Å². The van der Waals surface area contributed by atoms with Crippen LogP contribution in [-0.4, -0.2) is 50.9 Å². The fraction of sp³-hybridized carbons (Fsp3) is 0.588. The molecule has 0 aliphatic heterocycles. The second-order valence-electron chi connectivity index (χ2n) is 6.50. The molecule has 1 aromatic carbocycles. The number of hydrogen-bond acceptors (Lipinski definition) is 4. The van der Waals surface area contributed by atoms with Crippen molar-refractivity contribution in [2.24, 2.45) is 0 Å². The Kier molecular flexibility index (Phi) is 8.58. The summed E-state index contributed by atoms with van der Waals surface area (Å²) in [6.07, 6.45) is -0.0493. The zero-order valence-corrected chi connectivity index (χ0v) is 16.4. The largest absolute Gasteiger partial charge is 0.355 e. The molecule has 1 amide bonds. The lowest BCUT2D eigenvalue weighted by Gasteiger charge is -2.30. The van der Waals surface area contributed by atoms with Crippen molar-refractivity contribution in [1.82, 2.24) is 14.9 Å². The number of halogens is 2. The number of hydrogen-bond donors (Lipinski definition) is 2. The summed E-state index contributed by atoms with van der Waals surface area (Å²) in [6, 6.07) is 3.02. The smallest absolute Gasteiger partial charge is 0.240 e. The summed E-state index contributed by atoms with van der Waals surface area (Å²) in [4.78, 5) is 13.7. The summed E-state index contributed by atoms with van der Waals surface area (Å²) in [5.41, 5.74) is 0. The van der Waals surface area contributed by atoms with Gasteiger partial charge in [-0.05, 0) is 45.9 Å². The molecule has 0 bridgehead atoms. The van der Waals surface area contributed by atoms with E-state index in [2.05, 4.69) is 42.6 Å². The van der Waals surface area contributed by atoms with Crippen molar-refractivity contribution in [2.45, 2.75) is 51.1 Å². The monoisotopic (exact) mass is 391 g/mol. The van der Waals surface area contributed by atoms with Gasteiger partial charge in [0.05, 0.1) is 4.90 Å². The van der Waals surface area contributed by atoms with Crippen LogP contribution in [0.2, 0.25) is 0 Å². The number of nitrogens with zero attached hydrogens (tertiary/aromatic N) is 1. The molecule has 0 fully saturated rings. The van der Waals surface area contributed by atoms with E-state index in [9.17, 15) is 22.0 Å². The summed E-state index contributed by atoms with van der Waals surface area (Å²) < 4.78 is 52.2. The van der Waals surface area contributed by atoms with Gasteiger partial charge in [-0.25, -0.2) is 21.9 Å². The molecule has 0 saturated heterocycles. The molecule has 0 atom stereocenters. The maximum atomic E-state index is 13.1. The van der Waals surface area contributed by atoms with Crippen molar-refractivity contribution in [1.29, 1.82) is 0 Å². The minimum absolute atomic E-state index is 0.0493. The van der Waals surface area contributed by atoms with Gasteiger partial charge in [0.25, 0.3) is 0 Å². The summed E-state index contributed by atoms with van der Waals surface area (Å²) in [5, 5.41) is 2.74. The highest BCUT2D eigenvalue weighted by Crippen LogP contribution is 2.13. The molecule has 2 N–H and O–H groups in total. The average Bonchev–Trinajstić information content (AvgIpc) is 2.53. The van der Waals surface area contributed by atoms with Crippen molar-refractivity contribution in [3.05, 3.63) is 29.8 Å². The molecule has 0 unspecified atom stereocenters. The van der Waals surface area contributed by atoms with Crippen LogP contribution >= 0.6 is 0 Å². The summed E-state index contributed by atoms with van der Waals surface area (Å²) in [6.45, 7) is 9.34.